The lowest BCUT2D eigenvalue weighted by atomic mass is 10.2. The van der Waals surface area contributed by atoms with Gasteiger partial charge in [-0.3, -0.25) is 0 Å². The van der Waals surface area contributed by atoms with E-state index in [-0.39, 0.29) is 18.0 Å². The quantitative estimate of drug-likeness (QED) is 0.885. The van der Waals surface area contributed by atoms with E-state index < -0.39 is 21.7 Å². The number of nitrogens with one attached hydrogen (secondary N) is 1. The molecule has 0 spiro atoms. The minimum Gasteiger partial charge on any atom is -0.326 e. The molecule has 0 radical (unpaired) electrons. The van der Waals surface area contributed by atoms with Crippen molar-refractivity contribution in [2.24, 2.45) is 5.73 Å². The second kappa shape index (κ2) is 5.96. The molecule has 0 aliphatic carbocycles. The van der Waals surface area contributed by atoms with Crippen molar-refractivity contribution >= 4 is 21.4 Å². The fourth-order valence-corrected chi connectivity index (χ4v) is 3.69. The molecule has 0 saturated heterocycles. The maximum Gasteiger partial charge on any atom is 0.241 e. The number of hydrogen-bond acceptors (Lipinski definition) is 4. The van der Waals surface area contributed by atoms with Crippen molar-refractivity contribution in [3.8, 4) is 0 Å². The predicted molar refractivity (Wildman–Crippen MR) is 72.6 cm³/mol. The van der Waals surface area contributed by atoms with Crippen molar-refractivity contribution in [3.05, 3.63) is 51.7 Å². The van der Waals surface area contributed by atoms with Crippen LogP contribution in [-0.4, -0.2) is 8.42 Å². The Morgan fingerprint density at radius 3 is 2.55 bits per heavy atom. The van der Waals surface area contributed by atoms with Gasteiger partial charge in [-0.2, -0.15) is 0 Å². The Labute approximate surface area is 119 Å². The predicted octanol–water partition coefficient (Wildman–Crippen LogP) is 1.96. The Hall–Kier alpha value is -1.35. The fourth-order valence-electron chi connectivity index (χ4n) is 1.52. The average Bonchev–Trinajstić information content (AvgIpc) is 2.90. The van der Waals surface area contributed by atoms with Crippen molar-refractivity contribution in [2.45, 2.75) is 18.0 Å². The molecule has 4 nitrogen and oxygen atoms in total. The van der Waals surface area contributed by atoms with Gasteiger partial charge in [-0.15, -0.1) is 11.3 Å². The SMILES string of the molecule is NCc1cc(S(=O)(=O)NCc2ccc(F)c(F)c2)cs1. The van der Waals surface area contributed by atoms with Gasteiger partial charge >= 0.3 is 0 Å². The highest BCUT2D eigenvalue weighted by Gasteiger charge is 2.16. The van der Waals surface area contributed by atoms with E-state index in [1.165, 1.54) is 28.8 Å². The van der Waals surface area contributed by atoms with Crippen molar-refractivity contribution in [1.29, 1.82) is 0 Å². The number of thiophene rings is 1. The lowest BCUT2D eigenvalue weighted by molar-refractivity contribution is 0.506. The second-order valence-electron chi connectivity index (χ2n) is 4.03. The topological polar surface area (TPSA) is 72.2 Å². The Bertz CT molecular complexity index is 714. The van der Waals surface area contributed by atoms with Crippen LogP contribution in [-0.2, 0) is 23.1 Å². The van der Waals surface area contributed by atoms with Crippen LogP contribution in [0.15, 0.2) is 34.5 Å². The van der Waals surface area contributed by atoms with E-state index in [0.29, 0.717) is 5.56 Å². The molecule has 3 N–H and O–H groups in total. The molecule has 0 fully saturated rings. The van der Waals surface area contributed by atoms with Gasteiger partial charge in [0.15, 0.2) is 11.6 Å². The third-order valence-corrected chi connectivity index (χ3v) is 5.08. The molecule has 20 heavy (non-hydrogen) atoms. The number of hydrogen-bond donors (Lipinski definition) is 2. The normalized spacial score (nSPS) is 11.8. The van der Waals surface area contributed by atoms with Crippen LogP contribution in [0, 0.1) is 11.6 Å². The van der Waals surface area contributed by atoms with Crippen molar-refractivity contribution in [1.82, 2.24) is 4.72 Å². The molecule has 2 aromatic rings. The molecule has 0 amide bonds. The first kappa shape index (κ1) is 15.0. The number of rotatable bonds is 5. The lowest BCUT2D eigenvalue weighted by Crippen LogP contribution is -2.22. The minimum atomic E-state index is -3.68. The van der Waals surface area contributed by atoms with Gasteiger partial charge in [-0.25, -0.2) is 21.9 Å². The van der Waals surface area contributed by atoms with Crippen LogP contribution in [0.2, 0.25) is 0 Å². The van der Waals surface area contributed by atoms with Crippen LogP contribution >= 0.6 is 11.3 Å². The summed E-state index contributed by atoms with van der Waals surface area (Å²) in [6.07, 6.45) is 0. The Kier molecular flexibility index (Phi) is 4.48. The molecule has 1 aromatic heterocycles. The fraction of sp³-hybridized carbons (Fsp3) is 0.167. The molecule has 0 atom stereocenters. The lowest BCUT2D eigenvalue weighted by Gasteiger charge is -2.05. The summed E-state index contributed by atoms with van der Waals surface area (Å²) < 4.78 is 52.0. The third kappa shape index (κ3) is 3.40. The smallest absolute Gasteiger partial charge is 0.241 e. The van der Waals surface area contributed by atoms with Crippen LogP contribution in [0.3, 0.4) is 0 Å². The second-order valence-corrected chi connectivity index (χ2v) is 6.79. The number of halogens is 2. The van der Waals surface area contributed by atoms with Crippen LogP contribution < -0.4 is 10.5 Å². The van der Waals surface area contributed by atoms with Gasteiger partial charge in [0.1, 0.15) is 0 Å². The standard InChI is InChI=1S/C12H12F2N2O2S2/c13-11-2-1-8(3-12(11)14)6-16-20(17,18)10-4-9(5-15)19-7-10/h1-4,7,16H,5-6,15H2. The molecule has 108 valence electrons. The summed E-state index contributed by atoms with van der Waals surface area (Å²) in [4.78, 5) is 0.865. The zero-order chi connectivity index (χ0) is 14.8. The van der Waals surface area contributed by atoms with E-state index in [4.69, 9.17) is 5.73 Å². The molecule has 1 aromatic carbocycles. The van der Waals surface area contributed by atoms with Crippen LogP contribution in [0.1, 0.15) is 10.4 Å². The van der Waals surface area contributed by atoms with Crippen molar-refractivity contribution in [3.63, 3.8) is 0 Å². The summed E-state index contributed by atoms with van der Waals surface area (Å²) in [5.74, 6) is -1.98. The zero-order valence-electron chi connectivity index (χ0n) is 10.3. The first-order valence-corrected chi connectivity index (χ1v) is 8.00. The summed E-state index contributed by atoms with van der Waals surface area (Å²) in [6, 6.07) is 4.71. The monoisotopic (exact) mass is 318 g/mol. The Morgan fingerprint density at radius 2 is 1.95 bits per heavy atom. The first-order valence-electron chi connectivity index (χ1n) is 5.63. The molecule has 0 bridgehead atoms. The summed E-state index contributed by atoms with van der Waals surface area (Å²) in [5.41, 5.74) is 5.76. The first-order chi connectivity index (χ1) is 9.42. The minimum absolute atomic E-state index is 0.116. The molecule has 2 rings (SSSR count). The van der Waals surface area contributed by atoms with Crippen LogP contribution in [0.25, 0.3) is 0 Å². The van der Waals surface area contributed by atoms with Gasteiger partial charge in [-0.1, -0.05) is 6.07 Å². The summed E-state index contributed by atoms with van der Waals surface area (Å²) >= 11 is 1.25. The van der Waals surface area contributed by atoms with Gasteiger partial charge in [0.25, 0.3) is 0 Å². The van der Waals surface area contributed by atoms with E-state index in [9.17, 15) is 17.2 Å². The third-order valence-electron chi connectivity index (χ3n) is 2.59. The number of nitrogens with two attached hydrogens (primary N) is 1. The van der Waals surface area contributed by atoms with E-state index in [2.05, 4.69) is 4.72 Å². The molecule has 0 aliphatic rings. The van der Waals surface area contributed by atoms with Gasteiger partial charge in [0, 0.05) is 23.3 Å². The zero-order valence-corrected chi connectivity index (χ0v) is 11.9. The Balaban J connectivity index is 2.10. The van der Waals surface area contributed by atoms with Crippen molar-refractivity contribution < 1.29 is 17.2 Å². The van der Waals surface area contributed by atoms with Gasteiger partial charge in [0.05, 0.1) is 4.90 Å². The molecule has 8 heteroatoms. The van der Waals surface area contributed by atoms with E-state index in [1.807, 2.05) is 0 Å². The maximum absolute atomic E-state index is 13.0. The molecular formula is C12H12F2N2O2S2. The van der Waals surface area contributed by atoms with E-state index >= 15 is 0 Å². The van der Waals surface area contributed by atoms with Gasteiger partial charge < -0.3 is 5.73 Å². The highest BCUT2D eigenvalue weighted by atomic mass is 32.2. The highest BCUT2D eigenvalue weighted by molar-refractivity contribution is 7.89. The number of benzene rings is 1. The summed E-state index contributed by atoms with van der Waals surface area (Å²) in [6.45, 7) is 0.150. The van der Waals surface area contributed by atoms with Crippen LogP contribution in [0.4, 0.5) is 8.78 Å². The summed E-state index contributed by atoms with van der Waals surface area (Å²) in [7, 11) is -3.68. The molecule has 1 heterocycles. The molecule has 0 saturated carbocycles. The van der Waals surface area contributed by atoms with Crippen LogP contribution in [0.5, 0.6) is 0 Å². The average molecular weight is 318 g/mol. The van der Waals surface area contributed by atoms with Gasteiger partial charge in [0.2, 0.25) is 10.0 Å². The van der Waals surface area contributed by atoms with E-state index in [1.54, 1.807) is 0 Å². The van der Waals surface area contributed by atoms with Crippen molar-refractivity contribution in [2.75, 3.05) is 0 Å². The largest absolute Gasteiger partial charge is 0.326 e. The molecule has 0 unspecified atom stereocenters. The Morgan fingerprint density at radius 1 is 1.20 bits per heavy atom. The summed E-state index contributed by atoms with van der Waals surface area (Å²) in [5, 5.41) is 1.48. The maximum atomic E-state index is 13.0. The number of sulfonamides is 1. The molecule has 0 aliphatic heterocycles. The van der Waals surface area contributed by atoms with Gasteiger partial charge in [-0.05, 0) is 23.8 Å². The highest BCUT2D eigenvalue weighted by Crippen LogP contribution is 2.19. The van der Waals surface area contributed by atoms with E-state index in [0.717, 1.165) is 17.0 Å². The molecular weight excluding hydrogens is 306 g/mol.